The maximum atomic E-state index is 13.1. The van der Waals surface area contributed by atoms with Crippen molar-refractivity contribution in [1.82, 2.24) is 9.88 Å². The van der Waals surface area contributed by atoms with Crippen LogP contribution in [-0.2, 0) is 9.59 Å². The molecule has 2 heterocycles. The number of non-ortho nitro benzene ring substituents is 1. The summed E-state index contributed by atoms with van der Waals surface area (Å²) in [5, 5.41) is 13.1. The van der Waals surface area contributed by atoms with E-state index >= 15 is 0 Å². The maximum absolute atomic E-state index is 13.1. The SMILES string of the molecule is Cc1ccc(N2C(=O)NC(=O)C(=Cc3cccn3-c3ccc([N+](=O)[O-])cc3)C2=O)cc1C. The van der Waals surface area contributed by atoms with Crippen molar-refractivity contribution in [2.24, 2.45) is 0 Å². The highest BCUT2D eigenvalue weighted by molar-refractivity contribution is 6.39. The lowest BCUT2D eigenvalue weighted by atomic mass is 10.1. The molecule has 4 rings (SSSR count). The van der Waals surface area contributed by atoms with E-state index in [9.17, 15) is 24.5 Å². The molecule has 160 valence electrons. The molecule has 3 aromatic rings. The van der Waals surface area contributed by atoms with E-state index in [4.69, 9.17) is 0 Å². The van der Waals surface area contributed by atoms with Gasteiger partial charge in [-0.2, -0.15) is 0 Å². The molecule has 9 heteroatoms. The van der Waals surface area contributed by atoms with Crippen molar-refractivity contribution in [2.45, 2.75) is 13.8 Å². The van der Waals surface area contributed by atoms with Crippen LogP contribution in [0.2, 0.25) is 0 Å². The Morgan fingerprint density at radius 2 is 1.62 bits per heavy atom. The smallest absolute Gasteiger partial charge is 0.317 e. The second kappa shape index (κ2) is 7.95. The number of nitrogens with zero attached hydrogens (tertiary/aromatic N) is 3. The van der Waals surface area contributed by atoms with Gasteiger partial charge in [-0.25, -0.2) is 9.69 Å². The van der Waals surface area contributed by atoms with Crippen molar-refractivity contribution in [2.75, 3.05) is 4.90 Å². The van der Waals surface area contributed by atoms with E-state index in [0.717, 1.165) is 16.0 Å². The fourth-order valence-corrected chi connectivity index (χ4v) is 3.39. The zero-order valence-electron chi connectivity index (χ0n) is 17.2. The number of barbiturate groups is 1. The minimum absolute atomic E-state index is 0.0507. The second-order valence-corrected chi connectivity index (χ2v) is 7.30. The highest BCUT2D eigenvalue weighted by atomic mass is 16.6. The van der Waals surface area contributed by atoms with Gasteiger partial charge in [-0.15, -0.1) is 0 Å². The van der Waals surface area contributed by atoms with Crippen LogP contribution in [0.4, 0.5) is 16.2 Å². The van der Waals surface area contributed by atoms with Crippen LogP contribution >= 0.6 is 0 Å². The van der Waals surface area contributed by atoms with Crippen LogP contribution in [0.3, 0.4) is 0 Å². The predicted octanol–water partition coefficient (Wildman–Crippen LogP) is 3.67. The molecule has 0 atom stereocenters. The lowest BCUT2D eigenvalue weighted by Gasteiger charge is -2.27. The van der Waals surface area contributed by atoms with E-state index < -0.39 is 22.8 Å². The Labute approximate surface area is 182 Å². The minimum atomic E-state index is -0.814. The largest absolute Gasteiger partial charge is 0.335 e. The summed E-state index contributed by atoms with van der Waals surface area (Å²) in [6.07, 6.45) is 3.09. The summed E-state index contributed by atoms with van der Waals surface area (Å²) in [5.74, 6) is -1.53. The topological polar surface area (TPSA) is 115 Å². The summed E-state index contributed by atoms with van der Waals surface area (Å²) in [6, 6.07) is 13.6. The van der Waals surface area contributed by atoms with E-state index in [1.54, 1.807) is 53.2 Å². The Morgan fingerprint density at radius 3 is 2.28 bits per heavy atom. The zero-order chi connectivity index (χ0) is 23.0. The van der Waals surface area contributed by atoms with Crippen molar-refractivity contribution in [3.05, 3.63) is 93.3 Å². The quantitative estimate of drug-likeness (QED) is 0.294. The molecule has 1 fully saturated rings. The summed E-state index contributed by atoms with van der Waals surface area (Å²) in [6.45, 7) is 3.78. The van der Waals surface area contributed by atoms with Crippen molar-refractivity contribution < 1.29 is 19.3 Å². The summed E-state index contributed by atoms with van der Waals surface area (Å²) in [4.78, 5) is 49.3. The average Bonchev–Trinajstić information content (AvgIpc) is 3.22. The Hall–Kier alpha value is -4.53. The lowest BCUT2D eigenvalue weighted by Crippen LogP contribution is -2.54. The molecule has 0 aliphatic carbocycles. The second-order valence-electron chi connectivity index (χ2n) is 7.30. The number of nitrogens with one attached hydrogen (secondary N) is 1. The molecule has 0 saturated carbocycles. The average molecular weight is 430 g/mol. The first kappa shape index (κ1) is 20.7. The Kier molecular flexibility index (Phi) is 5.15. The van der Waals surface area contributed by atoms with Gasteiger partial charge in [0, 0.05) is 29.7 Å². The molecule has 0 bridgehead atoms. The van der Waals surface area contributed by atoms with Gasteiger partial charge in [0.05, 0.1) is 10.6 Å². The summed E-state index contributed by atoms with van der Waals surface area (Å²) >= 11 is 0. The highest BCUT2D eigenvalue weighted by Crippen LogP contribution is 2.25. The molecule has 0 unspecified atom stereocenters. The van der Waals surface area contributed by atoms with Crippen molar-refractivity contribution in [3.63, 3.8) is 0 Å². The first-order valence-electron chi connectivity index (χ1n) is 9.67. The number of anilines is 1. The molecule has 0 spiro atoms. The number of hydrogen-bond donors (Lipinski definition) is 1. The first-order valence-corrected chi connectivity index (χ1v) is 9.67. The number of imide groups is 2. The summed E-state index contributed by atoms with van der Waals surface area (Å²) < 4.78 is 1.67. The van der Waals surface area contributed by atoms with E-state index in [1.165, 1.54) is 18.2 Å². The number of nitro groups is 1. The van der Waals surface area contributed by atoms with E-state index in [-0.39, 0.29) is 11.3 Å². The van der Waals surface area contributed by atoms with Crippen LogP contribution in [0.15, 0.2) is 66.4 Å². The summed E-state index contributed by atoms with van der Waals surface area (Å²) in [7, 11) is 0. The standard InChI is InChI=1S/C23H18N4O5/c1-14-5-6-19(12-15(14)2)26-22(29)20(21(28)24-23(26)30)13-18-4-3-11-25(18)16-7-9-17(10-8-16)27(31)32/h3-13H,1-2H3,(H,24,28,30). The molecular formula is C23H18N4O5. The van der Waals surface area contributed by atoms with Crippen LogP contribution < -0.4 is 10.2 Å². The zero-order valence-corrected chi connectivity index (χ0v) is 17.2. The molecule has 1 aromatic heterocycles. The molecule has 32 heavy (non-hydrogen) atoms. The number of benzene rings is 2. The van der Waals surface area contributed by atoms with Crippen molar-refractivity contribution in [3.8, 4) is 5.69 Å². The number of amides is 4. The molecule has 1 saturated heterocycles. The Balaban J connectivity index is 1.72. The van der Waals surface area contributed by atoms with Gasteiger partial charge in [-0.1, -0.05) is 6.07 Å². The number of aromatic nitrogens is 1. The first-order chi connectivity index (χ1) is 15.3. The molecule has 1 aliphatic heterocycles. The lowest BCUT2D eigenvalue weighted by molar-refractivity contribution is -0.384. The van der Waals surface area contributed by atoms with Gasteiger partial charge >= 0.3 is 6.03 Å². The molecule has 9 nitrogen and oxygen atoms in total. The van der Waals surface area contributed by atoms with E-state index in [1.807, 2.05) is 13.8 Å². The van der Waals surface area contributed by atoms with E-state index in [2.05, 4.69) is 5.32 Å². The van der Waals surface area contributed by atoms with E-state index in [0.29, 0.717) is 17.1 Å². The molecular weight excluding hydrogens is 412 g/mol. The van der Waals surface area contributed by atoms with Crippen LogP contribution in [0.25, 0.3) is 11.8 Å². The van der Waals surface area contributed by atoms with Crippen LogP contribution in [0, 0.1) is 24.0 Å². The number of hydrogen-bond acceptors (Lipinski definition) is 5. The molecule has 2 aromatic carbocycles. The van der Waals surface area contributed by atoms with Crippen LogP contribution in [0.5, 0.6) is 0 Å². The van der Waals surface area contributed by atoms with Crippen molar-refractivity contribution in [1.29, 1.82) is 0 Å². The van der Waals surface area contributed by atoms with Gasteiger partial charge in [0.25, 0.3) is 17.5 Å². The molecule has 0 radical (unpaired) electrons. The molecule has 1 aliphatic rings. The fraction of sp³-hybridized carbons (Fsp3) is 0.0870. The van der Waals surface area contributed by atoms with Crippen LogP contribution in [-0.4, -0.2) is 27.3 Å². The maximum Gasteiger partial charge on any atom is 0.335 e. The van der Waals surface area contributed by atoms with Gasteiger partial charge in [-0.05, 0) is 67.4 Å². The number of nitro benzene ring substituents is 1. The van der Waals surface area contributed by atoms with Gasteiger partial charge in [-0.3, -0.25) is 25.0 Å². The third-order valence-electron chi connectivity index (χ3n) is 5.26. The Bertz CT molecular complexity index is 1300. The normalized spacial score (nSPS) is 15.2. The van der Waals surface area contributed by atoms with Gasteiger partial charge < -0.3 is 4.57 Å². The third kappa shape index (κ3) is 3.67. The number of carbonyl (C=O) groups is 3. The predicted molar refractivity (Wildman–Crippen MR) is 117 cm³/mol. The van der Waals surface area contributed by atoms with Gasteiger partial charge in [0.2, 0.25) is 0 Å². The summed E-state index contributed by atoms with van der Waals surface area (Å²) in [5.41, 5.74) is 3.11. The van der Waals surface area contributed by atoms with Gasteiger partial charge in [0.1, 0.15) is 5.57 Å². The van der Waals surface area contributed by atoms with Crippen molar-refractivity contribution >= 4 is 35.3 Å². The van der Waals surface area contributed by atoms with Gasteiger partial charge in [0.15, 0.2) is 0 Å². The third-order valence-corrected chi connectivity index (χ3v) is 5.26. The number of carbonyl (C=O) groups excluding carboxylic acids is 3. The number of aryl methyl sites for hydroxylation is 2. The molecule has 1 N–H and O–H groups in total. The monoisotopic (exact) mass is 430 g/mol. The fourth-order valence-electron chi connectivity index (χ4n) is 3.39. The Morgan fingerprint density at radius 1 is 0.938 bits per heavy atom. The molecule has 4 amide bonds. The van der Waals surface area contributed by atoms with Crippen LogP contribution in [0.1, 0.15) is 16.8 Å². The number of rotatable bonds is 4. The number of urea groups is 1. The minimum Gasteiger partial charge on any atom is -0.317 e. The highest BCUT2D eigenvalue weighted by Gasteiger charge is 2.37.